The number of anilines is 1. The third-order valence-electron chi connectivity index (χ3n) is 2.74. The van der Waals surface area contributed by atoms with Gasteiger partial charge in [-0.25, -0.2) is 0 Å². The van der Waals surface area contributed by atoms with Crippen LogP contribution in [0.5, 0.6) is 0 Å². The zero-order valence-electron chi connectivity index (χ0n) is 9.40. The average Bonchev–Trinajstić information content (AvgIpc) is 2.76. The summed E-state index contributed by atoms with van der Waals surface area (Å²) in [5.74, 6) is -0.245. The number of carbonyl (C=O) groups excluding carboxylic acids is 2. The van der Waals surface area contributed by atoms with E-state index in [0.29, 0.717) is 25.1 Å². The van der Waals surface area contributed by atoms with Crippen molar-refractivity contribution in [3.8, 4) is 0 Å². The van der Waals surface area contributed by atoms with Crippen molar-refractivity contribution in [3.05, 3.63) is 29.8 Å². The molecular weight excluding hydrogens is 218 g/mol. The van der Waals surface area contributed by atoms with Crippen LogP contribution in [0.2, 0.25) is 0 Å². The van der Waals surface area contributed by atoms with Crippen LogP contribution in [0.3, 0.4) is 0 Å². The van der Waals surface area contributed by atoms with Gasteiger partial charge in [0, 0.05) is 18.7 Å². The van der Waals surface area contributed by atoms with Crippen molar-refractivity contribution in [1.29, 1.82) is 0 Å². The molecule has 0 bridgehead atoms. The number of nitrogens with one attached hydrogen (secondary N) is 2. The van der Waals surface area contributed by atoms with E-state index in [1.54, 1.807) is 6.07 Å². The van der Waals surface area contributed by atoms with Gasteiger partial charge in [-0.05, 0) is 24.1 Å². The molecule has 4 N–H and O–H groups in total. The molecule has 1 atom stereocenters. The van der Waals surface area contributed by atoms with Crippen molar-refractivity contribution >= 4 is 17.5 Å². The molecule has 1 fully saturated rings. The monoisotopic (exact) mass is 233 g/mol. The van der Waals surface area contributed by atoms with Gasteiger partial charge in [-0.15, -0.1) is 0 Å². The maximum atomic E-state index is 11.8. The summed E-state index contributed by atoms with van der Waals surface area (Å²) in [6, 6.07) is 6.95. The largest absolute Gasteiger partial charge is 0.344 e. The second-order valence-corrected chi connectivity index (χ2v) is 4.05. The van der Waals surface area contributed by atoms with Crippen LogP contribution in [-0.4, -0.2) is 17.9 Å². The number of rotatable bonds is 3. The van der Waals surface area contributed by atoms with E-state index in [2.05, 4.69) is 10.6 Å². The van der Waals surface area contributed by atoms with E-state index in [4.69, 9.17) is 5.73 Å². The number of nitrogens with two attached hydrogens (primary N) is 1. The molecule has 0 radical (unpaired) electrons. The van der Waals surface area contributed by atoms with Crippen molar-refractivity contribution in [2.24, 2.45) is 5.73 Å². The van der Waals surface area contributed by atoms with E-state index in [-0.39, 0.29) is 11.8 Å². The van der Waals surface area contributed by atoms with Gasteiger partial charge in [0.2, 0.25) is 11.8 Å². The quantitative estimate of drug-likeness (QED) is 0.705. The fourth-order valence-electron chi connectivity index (χ4n) is 1.82. The number of amides is 2. The molecule has 5 nitrogen and oxygen atoms in total. The number of benzene rings is 1. The number of hydrogen-bond acceptors (Lipinski definition) is 3. The lowest BCUT2D eigenvalue weighted by Gasteiger charge is -2.11. The third kappa shape index (κ3) is 2.82. The molecule has 0 aromatic heterocycles. The summed E-state index contributed by atoms with van der Waals surface area (Å²) in [5, 5.41) is 5.40. The fourth-order valence-corrected chi connectivity index (χ4v) is 1.82. The lowest BCUT2D eigenvalue weighted by molar-refractivity contribution is -0.122. The van der Waals surface area contributed by atoms with E-state index < -0.39 is 6.04 Å². The van der Waals surface area contributed by atoms with Gasteiger partial charge in [-0.1, -0.05) is 12.1 Å². The Hall–Kier alpha value is -1.88. The van der Waals surface area contributed by atoms with Gasteiger partial charge in [0.1, 0.15) is 6.04 Å². The lowest BCUT2D eigenvalue weighted by Crippen LogP contribution is -2.37. The second kappa shape index (κ2) is 4.97. The van der Waals surface area contributed by atoms with E-state index in [1.807, 2.05) is 18.2 Å². The van der Waals surface area contributed by atoms with E-state index in [9.17, 15) is 9.59 Å². The number of carbonyl (C=O) groups is 2. The summed E-state index contributed by atoms with van der Waals surface area (Å²) in [5.41, 5.74) is 7.18. The van der Waals surface area contributed by atoms with Gasteiger partial charge in [0.15, 0.2) is 0 Å². The number of hydrogen-bond donors (Lipinski definition) is 3. The summed E-state index contributed by atoms with van der Waals surface area (Å²) >= 11 is 0. The maximum Gasteiger partial charge on any atom is 0.246 e. The molecule has 0 aliphatic carbocycles. The van der Waals surface area contributed by atoms with Gasteiger partial charge >= 0.3 is 0 Å². The summed E-state index contributed by atoms with van der Waals surface area (Å²) in [7, 11) is 0. The topological polar surface area (TPSA) is 84.2 Å². The molecule has 1 aliphatic rings. The van der Waals surface area contributed by atoms with Gasteiger partial charge in [0.25, 0.3) is 0 Å². The summed E-state index contributed by atoms with van der Waals surface area (Å²) < 4.78 is 0. The van der Waals surface area contributed by atoms with Crippen LogP contribution in [0.4, 0.5) is 5.69 Å². The van der Waals surface area contributed by atoms with Gasteiger partial charge in [-0.2, -0.15) is 0 Å². The van der Waals surface area contributed by atoms with Crippen LogP contribution in [0.25, 0.3) is 0 Å². The first-order valence-corrected chi connectivity index (χ1v) is 5.58. The standard InChI is InChI=1S/C12H15N3O2/c13-7-8-2-1-3-9(6-8)14-12(17)10-4-5-11(16)15-10/h1-3,6,10H,4-5,7,13H2,(H,14,17)(H,15,16)/t10-/m1/s1. The van der Waals surface area contributed by atoms with Gasteiger partial charge < -0.3 is 16.4 Å². The van der Waals surface area contributed by atoms with Crippen LogP contribution in [0.15, 0.2) is 24.3 Å². The highest BCUT2D eigenvalue weighted by atomic mass is 16.2. The molecule has 1 saturated heterocycles. The zero-order valence-corrected chi connectivity index (χ0v) is 9.40. The highest BCUT2D eigenvalue weighted by Crippen LogP contribution is 2.13. The maximum absolute atomic E-state index is 11.8. The summed E-state index contributed by atoms with van der Waals surface area (Å²) in [4.78, 5) is 22.8. The Morgan fingerprint density at radius 1 is 1.53 bits per heavy atom. The molecule has 17 heavy (non-hydrogen) atoms. The molecule has 0 unspecified atom stereocenters. The second-order valence-electron chi connectivity index (χ2n) is 4.05. The minimum absolute atomic E-state index is 0.0686. The van der Waals surface area contributed by atoms with Crippen LogP contribution in [0, 0.1) is 0 Å². The van der Waals surface area contributed by atoms with Crippen molar-refractivity contribution in [2.75, 3.05) is 5.32 Å². The SMILES string of the molecule is NCc1cccc(NC(=O)[C@H]2CCC(=O)N2)c1. The molecular formula is C12H15N3O2. The lowest BCUT2D eigenvalue weighted by atomic mass is 10.2. The molecule has 1 aromatic carbocycles. The van der Waals surface area contributed by atoms with Crippen LogP contribution in [-0.2, 0) is 16.1 Å². The molecule has 0 saturated carbocycles. The highest BCUT2D eigenvalue weighted by Gasteiger charge is 2.26. The Kier molecular flexibility index (Phi) is 3.39. The molecule has 90 valence electrons. The summed E-state index contributed by atoms with van der Waals surface area (Å²) in [6.07, 6.45) is 0.974. The molecule has 2 rings (SSSR count). The Morgan fingerprint density at radius 3 is 3.00 bits per heavy atom. The highest BCUT2D eigenvalue weighted by molar-refractivity contribution is 5.98. The van der Waals surface area contributed by atoms with Crippen LogP contribution < -0.4 is 16.4 Å². The summed E-state index contributed by atoms with van der Waals surface area (Å²) in [6.45, 7) is 0.434. The predicted octanol–water partition coefficient (Wildman–Crippen LogP) is 0.362. The fraction of sp³-hybridized carbons (Fsp3) is 0.333. The third-order valence-corrected chi connectivity index (χ3v) is 2.74. The minimum Gasteiger partial charge on any atom is -0.344 e. The Balaban J connectivity index is 2.00. The van der Waals surface area contributed by atoms with Crippen molar-refractivity contribution in [1.82, 2.24) is 5.32 Å². The van der Waals surface area contributed by atoms with Crippen LogP contribution >= 0.6 is 0 Å². The first kappa shape index (κ1) is 11.6. The molecule has 2 amide bonds. The minimum atomic E-state index is -0.413. The zero-order chi connectivity index (χ0) is 12.3. The predicted molar refractivity (Wildman–Crippen MR) is 64.1 cm³/mol. The molecule has 1 aromatic rings. The van der Waals surface area contributed by atoms with E-state index in [0.717, 1.165) is 5.56 Å². The van der Waals surface area contributed by atoms with Gasteiger partial charge in [-0.3, -0.25) is 9.59 Å². The van der Waals surface area contributed by atoms with E-state index in [1.165, 1.54) is 0 Å². The Bertz CT molecular complexity index is 445. The van der Waals surface area contributed by atoms with Crippen LogP contribution in [0.1, 0.15) is 18.4 Å². The Morgan fingerprint density at radius 2 is 2.35 bits per heavy atom. The first-order chi connectivity index (χ1) is 8.19. The normalized spacial score (nSPS) is 18.9. The van der Waals surface area contributed by atoms with Gasteiger partial charge in [0.05, 0.1) is 0 Å². The molecule has 1 aliphatic heterocycles. The van der Waals surface area contributed by atoms with Crippen molar-refractivity contribution in [2.45, 2.75) is 25.4 Å². The molecule has 0 spiro atoms. The smallest absolute Gasteiger partial charge is 0.246 e. The van der Waals surface area contributed by atoms with Crippen molar-refractivity contribution < 1.29 is 9.59 Å². The first-order valence-electron chi connectivity index (χ1n) is 5.58. The molecule has 1 heterocycles. The Labute approximate surface area is 99.4 Å². The van der Waals surface area contributed by atoms with E-state index >= 15 is 0 Å². The average molecular weight is 233 g/mol. The molecule has 5 heteroatoms. The van der Waals surface area contributed by atoms with Crippen molar-refractivity contribution in [3.63, 3.8) is 0 Å².